The number of ether oxygens (including phenoxy) is 1. The van der Waals surface area contributed by atoms with E-state index in [4.69, 9.17) is 4.74 Å². The molecule has 0 bridgehead atoms. The van der Waals surface area contributed by atoms with Crippen molar-refractivity contribution in [3.05, 3.63) is 35.1 Å². The van der Waals surface area contributed by atoms with Gasteiger partial charge in [-0.15, -0.1) is 11.3 Å². The van der Waals surface area contributed by atoms with Gasteiger partial charge in [-0.2, -0.15) is 5.10 Å². The molecule has 0 radical (unpaired) electrons. The first-order valence-corrected chi connectivity index (χ1v) is 12.5. The Morgan fingerprint density at radius 1 is 1.35 bits per heavy atom. The third kappa shape index (κ3) is 4.07. The number of benzene rings is 1. The van der Waals surface area contributed by atoms with Gasteiger partial charge >= 0.3 is 0 Å². The van der Waals surface area contributed by atoms with Crippen LogP contribution < -0.4 is 10.1 Å². The molecule has 1 atom stereocenters. The molecule has 3 heterocycles. The van der Waals surface area contributed by atoms with Gasteiger partial charge in [0, 0.05) is 35.3 Å². The number of aliphatic hydroxyl groups is 1. The maximum absolute atomic E-state index is 13.0. The average molecular weight is 481 g/mol. The lowest BCUT2D eigenvalue weighted by Gasteiger charge is -2.28. The Bertz CT molecular complexity index is 1330. The van der Waals surface area contributed by atoms with Gasteiger partial charge in [0.1, 0.15) is 22.7 Å². The van der Waals surface area contributed by atoms with E-state index in [-0.39, 0.29) is 18.4 Å². The summed E-state index contributed by atoms with van der Waals surface area (Å²) in [4.78, 5) is 26.0. The quantitative estimate of drug-likeness (QED) is 0.352. The lowest BCUT2D eigenvalue weighted by Crippen LogP contribution is -2.39. The van der Waals surface area contributed by atoms with Crippen LogP contribution in [0.1, 0.15) is 30.7 Å². The fourth-order valence-electron chi connectivity index (χ4n) is 4.69. The van der Waals surface area contributed by atoms with E-state index in [9.17, 15) is 9.90 Å². The van der Waals surface area contributed by atoms with Crippen molar-refractivity contribution < 1.29 is 14.6 Å². The summed E-state index contributed by atoms with van der Waals surface area (Å²) in [5, 5.41) is 21.9. The third-order valence-electron chi connectivity index (χ3n) is 6.35. The largest absolute Gasteiger partial charge is 0.492 e. The van der Waals surface area contributed by atoms with Crippen LogP contribution in [0, 0.1) is 5.92 Å². The summed E-state index contributed by atoms with van der Waals surface area (Å²) in [7, 11) is 0. The Hall–Kier alpha value is -3.24. The van der Waals surface area contributed by atoms with Gasteiger partial charge in [0.2, 0.25) is 5.91 Å². The van der Waals surface area contributed by atoms with Crippen LogP contribution >= 0.6 is 11.3 Å². The highest BCUT2D eigenvalue weighted by molar-refractivity contribution is 7.19. The van der Waals surface area contributed by atoms with E-state index in [1.807, 2.05) is 26.0 Å². The van der Waals surface area contributed by atoms with Crippen molar-refractivity contribution in [3.63, 3.8) is 0 Å². The number of hydrogen-bond acceptors (Lipinski definition) is 8. The molecule has 178 valence electrons. The molecule has 34 heavy (non-hydrogen) atoms. The number of amides is 1. The van der Waals surface area contributed by atoms with E-state index in [0.29, 0.717) is 26.1 Å². The van der Waals surface area contributed by atoms with Gasteiger partial charge in [-0.3, -0.25) is 9.89 Å². The Morgan fingerprint density at radius 2 is 2.24 bits per heavy atom. The molecule has 1 aromatic carbocycles. The summed E-state index contributed by atoms with van der Waals surface area (Å²) in [6, 6.07) is 3.95. The van der Waals surface area contributed by atoms with Crippen molar-refractivity contribution in [1.82, 2.24) is 25.1 Å². The van der Waals surface area contributed by atoms with Crippen molar-refractivity contribution in [2.75, 3.05) is 31.6 Å². The van der Waals surface area contributed by atoms with E-state index < -0.39 is 0 Å². The van der Waals surface area contributed by atoms with Crippen molar-refractivity contribution in [3.8, 4) is 5.75 Å². The minimum absolute atomic E-state index is 0.0145. The molecule has 5 rings (SSSR count). The first-order valence-electron chi connectivity index (χ1n) is 11.6. The van der Waals surface area contributed by atoms with E-state index in [1.165, 1.54) is 10.4 Å². The zero-order chi connectivity index (χ0) is 23.7. The van der Waals surface area contributed by atoms with Crippen LogP contribution in [0.25, 0.3) is 21.1 Å². The van der Waals surface area contributed by atoms with Gasteiger partial charge in [-0.05, 0) is 44.7 Å². The molecule has 1 unspecified atom stereocenters. The molecule has 3 aromatic heterocycles. The number of aliphatic hydroxyl groups excluding tert-OH is 1. The van der Waals surface area contributed by atoms with Crippen molar-refractivity contribution in [2.24, 2.45) is 5.92 Å². The number of nitrogens with zero attached hydrogens (tertiary/aromatic N) is 4. The van der Waals surface area contributed by atoms with Gasteiger partial charge < -0.3 is 20.1 Å². The maximum Gasteiger partial charge on any atom is 0.226 e. The number of thiophene rings is 1. The number of carbonyl (C=O) groups is 1. The molecule has 1 aliphatic carbocycles. The summed E-state index contributed by atoms with van der Waals surface area (Å²) >= 11 is 1.64. The molecular weight excluding hydrogens is 452 g/mol. The summed E-state index contributed by atoms with van der Waals surface area (Å²) in [5.41, 5.74) is 2.95. The molecule has 0 aliphatic heterocycles. The first-order chi connectivity index (χ1) is 16.6. The second-order valence-corrected chi connectivity index (χ2v) is 9.43. The van der Waals surface area contributed by atoms with E-state index in [0.717, 1.165) is 51.2 Å². The highest BCUT2D eigenvalue weighted by Gasteiger charge is 2.31. The summed E-state index contributed by atoms with van der Waals surface area (Å²) in [5.74, 6) is 1.53. The number of anilines is 2. The number of nitrogens with one attached hydrogen (secondary N) is 2. The van der Waals surface area contributed by atoms with Crippen LogP contribution in [0.2, 0.25) is 0 Å². The smallest absolute Gasteiger partial charge is 0.226 e. The zero-order valence-electron chi connectivity index (χ0n) is 19.3. The Balaban J connectivity index is 1.48. The first kappa shape index (κ1) is 22.5. The third-order valence-corrected chi connectivity index (χ3v) is 7.51. The van der Waals surface area contributed by atoms with E-state index in [1.54, 1.807) is 28.8 Å². The fourth-order valence-corrected chi connectivity index (χ4v) is 5.96. The SMILES string of the molecule is CCOc1cc2[nH]ncc2cc1Nc1ncnc2sc3c(c12)CCC(C(=O)N(CC)CCO)C3. The maximum atomic E-state index is 13.0. The highest BCUT2D eigenvalue weighted by atomic mass is 32.1. The van der Waals surface area contributed by atoms with Crippen molar-refractivity contribution in [1.29, 1.82) is 0 Å². The van der Waals surface area contributed by atoms with Gasteiger partial charge in [0.15, 0.2) is 0 Å². The van der Waals surface area contributed by atoms with Crippen LogP contribution in [0.15, 0.2) is 24.7 Å². The van der Waals surface area contributed by atoms with Crippen LogP contribution in [0.4, 0.5) is 11.5 Å². The van der Waals surface area contributed by atoms with Gasteiger partial charge in [0.05, 0.1) is 36.0 Å². The lowest BCUT2D eigenvalue weighted by molar-refractivity contribution is -0.136. The van der Waals surface area contributed by atoms with Crippen LogP contribution in [0.5, 0.6) is 5.75 Å². The minimum atomic E-state index is -0.0653. The topological polar surface area (TPSA) is 116 Å². The molecule has 0 saturated carbocycles. The number of aromatic nitrogens is 4. The summed E-state index contributed by atoms with van der Waals surface area (Å²) < 4.78 is 5.88. The van der Waals surface area contributed by atoms with Crippen molar-refractivity contribution >= 4 is 49.9 Å². The number of likely N-dealkylation sites (N-methyl/N-ethyl adjacent to an activating group) is 1. The number of rotatable bonds is 8. The van der Waals surface area contributed by atoms with Gasteiger partial charge in [-0.25, -0.2) is 9.97 Å². The monoisotopic (exact) mass is 480 g/mol. The molecule has 1 aliphatic rings. The fraction of sp³-hybridized carbons (Fsp3) is 0.417. The van der Waals surface area contributed by atoms with Crippen molar-refractivity contribution in [2.45, 2.75) is 33.1 Å². The molecule has 3 N–H and O–H groups in total. The number of hydrogen-bond donors (Lipinski definition) is 3. The molecule has 1 amide bonds. The second kappa shape index (κ2) is 9.55. The van der Waals surface area contributed by atoms with Gasteiger partial charge in [0.25, 0.3) is 0 Å². The van der Waals surface area contributed by atoms with E-state index in [2.05, 4.69) is 25.5 Å². The Kier molecular flexibility index (Phi) is 6.34. The molecular formula is C24H28N6O3S. The van der Waals surface area contributed by atoms with Crippen LogP contribution in [0.3, 0.4) is 0 Å². The molecule has 0 saturated heterocycles. The molecule has 0 spiro atoms. The summed E-state index contributed by atoms with van der Waals surface area (Å²) in [6.07, 6.45) is 5.63. The summed E-state index contributed by atoms with van der Waals surface area (Å²) in [6.45, 7) is 5.43. The molecule has 4 aromatic rings. The Labute approximate surface area is 201 Å². The predicted octanol–water partition coefficient (Wildman–Crippen LogP) is 3.66. The average Bonchev–Trinajstić information content (AvgIpc) is 3.46. The zero-order valence-corrected chi connectivity index (χ0v) is 20.1. The number of aryl methyl sites for hydroxylation is 1. The molecule has 0 fully saturated rings. The van der Waals surface area contributed by atoms with Crippen LogP contribution in [-0.4, -0.2) is 62.4 Å². The standard InChI is InChI=1S/C24H28N6O3S/c1-3-30(7-8-31)24(32)14-5-6-16-20(10-14)34-23-21(16)22(25-13-26-23)28-18-9-15-12-27-29-17(15)11-19(18)33-4-2/h9,11-14,31H,3-8,10H2,1-2H3,(H,27,29)(H,25,26,28). The molecule has 9 nitrogen and oxygen atoms in total. The molecule has 10 heteroatoms. The number of carbonyl (C=O) groups excluding carboxylic acids is 1. The van der Waals surface area contributed by atoms with Crippen LogP contribution in [-0.2, 0) is 17.6 Å². The number of fused-ring (bicyclic) bond motifs is 4. The predicted molar refractivity (Wildman–Crippen MR) is 133 cm³/mol. The highest BCUT2D eigenvalue weighted by Crippen LogP contribution is 2.42. The lowest BCUT2D eigenvalue weighted by atomic mass is 9.87. The Morgan fingerprint density at radius 3 is 3.03 bits per heavy atom. The van der Waals surface area contributed by atoms with E-state index >= 15 is 0 Å². The number of aromatic amines is 1. The minimum Gasteiger partial charge on any atom is -0.492 e. The van der Waals surface area contributed by atoms with Gasteiger partial charge in [-0.1, -0.05) is 0 Å². The second-order valence-electron chi connectivity index (χ2n) is 8.35. The normalized spacial score (nSPS) is 15.4. The number of H-pyrrole nitrogens is 1.